The van der Waals surface area contributed by atoms with Crippen molar-refractivity contribution in [1.29, 1.82) is 0 Å². The van der Waals surface area contributed by atoms with Gasteiger partial charge in [0.05, 0.1) is 0 Å². The number of primary amides is 1. The third-order valence-electron chi connectivity index (χ3n) is 3.27. The Bertz CT molecular complexity index is 589. The Balaban J connectivity index is 3.29. The van der Waals surface area contributed by atoms with Crippen molar-refractivity contribution in [3.05, 3.63) is 0 Å². The van der Waals surface area contributed by atoms with Crippen LogP contribution in [0.2, 0.25) is 0 Å². The highest BCUT2D eigenvalue weighted by molar-refractivity contribution is 5.81. The van der Waals surface area contributed by atoms with E-state index in [-0.39, 0.29) is 0 Å². The quantitative estimate of drug-likeness (QED) is 0.432. The topological polar surface area (TPSA) is 158 Å². The fourth-order valence-electron chi connectivity index (χ4n) is 2.46. The first-order valence-corrected chi connectivity index (χ1v) is 7.62. The number of rotatable bonds is 6. The lowest BCUT2D eigenvalue weighted by Crippen LogP contribution is -2.65. The first-order chi connectivity index (χ1) is 12.0. The average molecular weight is 375 g/mol. The van der Waals surface area contributed by atoms with Crippen LogP contribution in [0.1, 0.15) is 27.7 Å². The molecule has 2 N–H and O–H groups in total. The second kappa shape index (κ2) is 9.13. The van der Waals surface area contributed by atoms with Crippen molar-refractivity contribution >= 4 is 29.8 Å². The second-order valence-corrected chi connectivity index (χ2v) is 5.52. The third-order valence-corrected chi connectivity index (χ3v) is 3.27. The molecule has 1 unspecified atom stereocenters. The summed E-state index contributed by atoms with van der Waals surface area (Å²) in [4.78, 5) is 57.1. The molecular formula is C15H21NO10. The molecule has 5 atom stereocenters. The highest BCUT2D eigenvalue weighted by Crippen LogP contribution is 2.29. The molecule has 0 spiro atoms. The van der Waals surface area contributed by atoms with Crippen LogP contribution < -0.4 is 5.73 Å². The van der Waals surface area contributed by atoms with Gasteiger partial charge in [-0.05, 0) is 0 Å². The summed E-state index contributed by atoms with van der Waals surface area (Å²) in [5, 5.41) is 0. The number of hydrogen-bond acceptors (Lipinski definition) is 10. The molecule has 0 aromatic rings. The van der Waals surface area contributed by atoms with Gasteiger partial charge < -0.3 is 29.4 Å². The zero-order chi connectivity index (χ0) is 20.0. The van der Waals surface area contributed by atoms with Crippen LogP contribution in [-0.4, -0.2) is 66.9 Å². The van der Waals surface area contributed by atoms with Crippen LogP contribution in [0.3, 0.4) is 0 Å². The minimum atomic E-state index is -1.52. The van der Waals surface area contributed by atoms with E-state index < -0.39 is 66.9 Å². The number of carbonyl (C=O) groups excluding carboxylic acids is 5. The van der Waals surface area contributed by atoms with E-state index in [1.54, 1.807) is 0 Å². The standard InChI is InChI=1S/C15H21NO10/c1-6(17)22-5-10-11(23-7(2)18)12(24-8(3)19)13(25-9(4)20)14(26-10)15(16)21/h10-14H,5H2,1-4H3,(H2,16,21)/t10-,11+,12+,13-,14?/m1/s1. The maximum Gasteiger partial charge on any atom is 0.303 e. The van der Waals surface area contributed by atoms with Crippen molar-refractivity contribution in [2.75, 3.05) is 6.61 Å². The summed E-state index contributed by atoms with van der Waals surface area (Å²) >= 11 is 0. The van der Waals surface area contributed by atoms with E-state index in [0.29, 0.717) is 0 Å². The van der Waals surface area contributed by atoms with Crippen LogP contribution in [0.4, 0.5) is 0 Å². The maximum atomic E-state index is 11.7. The normalized spacial score (nSPS) is 27.8. The largest absolute Gasteiger partial charge is 0.463 e. The number of nitrogens with two attached hydrogens (primary N) is 1. The zero-order valence-corrected chi connectivity index (χ0v) is 14.8. The molecule has 1 fully saturated rings. The minimum absolute atomic E-state index is 0.415. The summed E-state index contributed by atoms with van der Waals surface area (Å²) < 4.78 is 25.5. The monoisotopic (exact) mass is 375 g/mol. The van der Waals surface area contributed by atoms with Crippen LogP contribution >= 0.6 is 0 Å². The first kappa shape index (κ1) is 21.4. The SMILES string of the molecule is CC(=O)OC[C@H]1OC(C(N)=O)[C@H](OC(C)=O)[C@@H](OC(C)=O)[C@H]1OC(C)=O. The van der Waals surface area contributed by atoms with Gasteiger partial charge in [0.25, 0.3) is 5.91 Å². The number of carbonyl (C=O) groups is 5. The van der Waals surface area contributed by atoms with E-state index in [1.807, 2.05) is 0 Å². The molecular weight excluding hydrogens is 354 g/mol. The molecule has 11 nitrogen and oxygen atoms in total. The molecule has 0 aromatic heterocycles. The Morgan fingerprint density at radius 1 is 0.769 bits per heavy atom. The molecule has 0 aromatic carbocycles. The summed E-state index contributed by atoms with van der Waals surface area (Å²) in [5.41, 5.74) is 5.28. The Morgan fingerprint density at radius 3 is 1.65 bits per heavy atom. The lowest BCUT2D eigenvalue weighted by Gasteiger charge is -2.43. The highest BCUT2D eigenvalue weighted by Gasteiger charge is 2.53. The van der Waals surface area contributed by atoms with Crippen LogP contribution in [-0.2, 0) is 47.7 Å². The van der Waals surface area contributed by atoms with Crippen molar-refractivity contribution in [1.82, 2.24) is 0 Å². The summed E-state index contributed by atoms with van der Waals surface area (Å²) in [7, 11) is 0. The molecule has 0 aliphatic carbocycles. The fourth-order valence-corrected chi connectivity index (χ4v) is 2.46. The number of amides is 1. The van der Waals surface area contributed by atoms with Gasteiger partial charge in [0.15, 0.2) is 24.4 Å². The van der Waals surface area contributed by atoms with Crippen molar-refractivity contribution in [3.8, 4) is 0 Å². The summed E-state index contributed by atoms with van der Waals surface area (Å²) in [5.74, 6) is -4.02. The van der Waals surface area contributed by atoms with Gasteiger partial charge in [0.2, 0.25) is 0 Å². The molecule has 1 rings (SSSR count). The van der Waals surface area contributed by atoms with Gasteiger partial charge in [0.1, 0.15) is 12.7 Å². The lowest BCUT2D eigenvalue weighted by atomic mass is 9.93. The van der Waals surface area contributed by atoms with E-state index >= 15 is 0 Å². The third kappa shape index (κ3) is 5.99. The summed E-state index contributed by atoms with van der Waals surface area (Å²) in [6.45, 7) is 3.96. The number of esters is 4. The van der Waals surface area contributed by atoms with Crippen LogP contribution in [0.15, 0.2) is 0 Å². The van der Waals surface area contributed by atoms with E-state index in [9.17, 15) is 24.0 Å². The lowest BCUT2D eigenvalue weighted by molar-refractivity contribution is -0.248. The number of ether oxygens (including phenoxy) is 5. The van der Waals surface area contributed by atoms with Gasteiger partial charge in [-0.3, -0.25) is 24.0 Å². The molecule has 11 heteroatoms. The maximum absolute atomic E-state index is 11.7. The van der Waals surface area contributed by atoms with Gasteiger partial charge in [-0.2, -0.15) is 0 Å². The highest BCUT2D eigenvalue weighted by atomic mass is 16.7. The molecule has 0 bridgehead atoms. The molecule has 1 amide bonds. The first-order valence-electron chi connectivity index (χ1n) is 7.62. The van der Waals surface area contributed by atoms with Crippen molar-refractivity contribution in [2.24, 2.45) is 5.73 Å². The average Bonchev–Trinajstić information content (AvgIpc) is 2.47. The van der Waals surface area contributed by atoms with E-state index in [0.717, 1.165) is 27.7 Å². The molecule has 0 saturated carbocycles. The van der Waals surface area contributed by atoms with E-state index in [1.165, 1.54) is 0 Å². The molecule has 26 heavy (non-hydrogen) atoms. The van der Waals surface area contributed by atoms with Gasteiger partial charge in [-0.15, -0.1) is 0 Å². The van der Waals surface area contributed by atoms with Crippen molar-refractivity contribution < 1.29 is 47.7 Å². The van der Waals surface area contributed by atoms with Gasteiger partial charge in [0, 0.05) is 27.7 Å². The summed E-state index contributed by atoms with van der Waals surface area (Å²) in [6, 6.07) is 0. The zero-order valence-electron chi connectivity index (χ0n) is 14.8. The van der Waals surface area contributed by atoms with Gasteiger partial charge in [-0.1, -0.05) is 0 Å². The van der Waals surface area contributed by atoms with Crippen LogP contribution in [0.25, 0.3) is 0 Å². The predicted octanol–water partition coefficient (Wildman–Crippen LogP) is -1.40. The Labute approximate surface area is 149 Å². The van der Waals surface area contributed by atoms with Crippen molar-refractivity contribution in [2.45, 2.75) is 58.2 Å². The molecule has 1 heterocycles. The fraction of sp³-hybridized carbons (Fsp3) is 0.667. The van der Waals surface area contributed by atoms with Crippen molar-refractivity contribution in [3.63, 3.8) is 0 Å². The summed E-state index contributed by atoms with van der Waals surface area (Å²) in [6.07, 6.45) is -6.86. The number of hydrogen-bond donors (Lipinski definition) is 1. The Hall–Kier alpha value is -2.69. The van der Waals surface area contributed by atoms with Gasteiger partial charge >= 0.3 is 23.9 Å². The van der Waals surface area contributed by atoms with Crippen LogP contribution in [0.5, 0.6) is 0 Å². The minimum Gasteiger partial charge on any atom is -0.463 e. The Kier molecular flexibility index (Phi) is 7.50. The second-order valence-electron chi connectivity index (χ2n) is 5.52. The molecule has 1 saturated heterocycles. The molecule has 1 aliphatic heterocycles. The van der Waals surface area contributed by atoms with Crippen LogP contribution in [0, 0.1) is 0 Å². The van der Waals surface area contributed by atoms with E-state index in [4.69, 9.17) is 29.4 Å². The molecule has 1 aliphatic rings. The molecule has 146 valence electrons. The molecule has 0 radical (unpaired) electrons. The Morgan fingerprint density at radius 2 is 1.23 bits per heavy atom. The van der Waals surface area contributed by atoms with Gasteiger partial charge in [-0.25, -0.2) is 0 Å². The predicted molar refractivity (Wildman–Crippen MR) is 81.2 cm³/mol. The smallest absolute Gasteiger partial charge is 0.303 e. The van der Waals surface area contributed by atoms with E-state index in [2.05, 4.69) is 0 Å².